The quantitative estimate of drug-likeness (QED) is 0.927. The SMILES string of the molecule is OC12CCCCC1CN(Cc1ncc(-c3ccccc3)s1)CC2. The fraction of sp³-hybridized carbons (Fsp3) is 0.526. The van der Waals surface area contributed by atoms with Crippen molar-refractivity contribution < 1.29 is 5.11 Å². The van der Waals surface area contributed by atoms with Gasteiger partial charge in [0.05, 0.1) is 17.0 Å². The van der Waals surface area contributed by atoms with Gasteiger partial charge < -0.3 is 5.11 Å². The van der Waals surface area contributed by atoms with Gasteiger partial charge in [-0.3, -0.25) is 4.90 Å². The van der Waals surface area contributed by atoms with Crippen LogP contribution in [0.5, 0.6) is 0 Å². The lowest BCUT2D eigenvalue weighted by Gasteiger charge is -2.47. The van der Waals surface area contributed by atoms with Crippen LogP contribution < -0.4 is 0 Å². The Bertz CT molecular complexity index is 656. The van der Waals surface area contributed by atoms with Gasteiger partial charge >= 0.3 is 0 Å². The van der Waals surface area contributed by atoms with E-state index in [4.69, 9.17) is 0 Å². The molecule has 1 saturated carbocycles. The van der Waals surface area contributed by atoms with Gasteiger partial charge in [-0.05, 0) is 24.8 Å². The van der Waals surface area contributed by atoms with E-state index < -0.39 is 0 Å². The molecule has 2 unspecified atom stereocenters. The molecule has 0 amide bonds. The van der Waals surface area contributed by atoms with Crippen molar-refractivity contribution in [2.45, 2.75) is 44.2 Å². The molecule has 2 heterocycles. The zero-order chi connectivity index (χ0) is 15.7. The van der Waals surface area contributed by atoms with Crippen LogP contribution in [0.15, 0.2) is 36.5 Å². The van der Waals surface area contributed by atoms with E-state index in [2.05, 4.69) is 34.1 Å². The van der Waals surface area contributed by atoms with Gasteiger partial charge in [-0.25, -0.2) is 4.98 Å². The van der Waals surface area contributed by atoms with Gasteiger partial charge in [-0.15, -0.1) is 11.3 Å². The number of aromatic nitrogens is 1. The maximum atomic E-state index is 10.8. The Morgan fingerprint density at radius 3 is 2.96 bits per heavy atom. The maximum absolute atomic E-state index is 10.8. The molecule has 2 atom stereocenters. The summed E-state index contributed by atoms with van der Waals surface area (Å²) in [5, 5.41) is 12.0. The zero-order valence-electron chi connectivity index (χ0n) is 13.4. The predicted molar refractivity (Wildman–Crippen MR) is 94.4 cm³/mol. The summed E-state index contributed by atoms with van der Waals surface area (Å²) in [5.41, 5.74) is 0.865. The molecule has 3 nitrogen and oxygen atoms in total. The van der Waals surface area contributed by atoms with Crippen LogP contribution in [-0.2, 0) is 6.54 Å². The number of piperidine rings is 1. The molecule has 1 aliphatic carbocycles. The highest BCUT2D eigenvalue weighted by atomic mass is 32.1. The van der Waals surface area contributed by atoms with Gasteiger partial charge in [-0.1, -0.05) is 43.2 Å². The standard InChI is InChI=1S/C19H24N2OS/c22-19-9-5-4-8-16(19)13-21(11-10-19)14-18-20-12-17(23-18)15-6-2-1-3-7-15/h1-3,6-7,12,16,22H,4-5,8-11,13-14H2. The second-order valence-electron chi connectivity index (χ2n) is 7.02. The molecule has 0 radical (unpaired) electrons. The summed E-state index contributed by atoms with van der Waals surface area (Å²) in [5.74, 6) is 0.457. The number of fused-ring (bicyclic) bond motifs is 1. The maximum Gasteiger partial charge on any atom is 0.107 e. The van der Waals surface area contributed by atoms with E-state index in [-0.39, 0.29) is 5.60 Å². The molecule has 4 heteroatoms. The Kier molecular flexibility index (Phi) is 4.22. The van der Waals surface area contributed by atoms with Gasteiger partial charge in [0.15, 0.2) is 0 Å². The van der Waals surface area contributed by atoms with Crippen LogP contribution >= 0.6 is 11.3 Å². The fourth-order valence-electron chi connectivity index (χ4n) is 4.09. The van der Waals surface area contributed by atoms with Crippen molar-refractivity contribution in [3.8, 4) is 10.4 Å². The molecule has 0 bridgehead atoms. The Morgan fingerprint density at radius 2 is 2.09 bits per heavy atom. The number of aliphatic hydroxyl groups is 1. The average molecular weight is 328 g/mol. The lowest BCUT2D eigenvalue weighted by Crippen LogP contribution is -2.52. The van der Waals surface area contributed by atoms with E-state index in [0.29, 0.717) is 5.92 Å². The number of hydrogen-bond acceptors (Lipinski definition) is 4. The molecule has 2 aromatic rings. The summed E-state index contributed by atoms with van der Waals surface area (Å²) in [4.78, 5) is 8.35. The number of rotatable bonds is 3. The molecule has 1 N–H and O–H groups in total. The van der Waals surface area contributed by atoms with E-state index in [1.54, 1.807) is 11.3 Å². The van der Waals surface area contributed by atoms with Crippen molar-refractivity contribution in [2.24, 2.45) is 5.92 Å². The Hall–Kier alpha value is -1.23. The zero-order valence-corrected chi connectivity index (χ0v) is 14.3. The molecular weight excluding hydrogens is 304 g/mol. The van der Waals surface area contributed by atoms with Crippen molar-refractivity contribution in [3.05, 3.63) is 41.5 Å². The molecule has 2 fully saturated rings. The van der Waals surface area contributed by atoms with E-state index in [1.807, 2.05) is 12.3 Å². The molecule has 23 heavy (non-hydrogen) atoms. The van der Waals surface area contributed by atoms with Crippen molar-refractivity contribution in [1.82, 2.24) is 9.88 Å². The number of benzene rings is 1. The lowest BCUT2D eigenvalue weighted by atomic mass is 9.71. The number of likely N-dealkylation sites (tertiary alicyclic amines) is 1. The fourth-order valence-corrected chi connectivity index (χ4v) is 5.06. The number of hydrogen-bond donors (Lipinski definition) is 1. The molecule has 1 aromatic carbocycles. The summed E-state index contributed by atoms with van der Waals surface area (Å²) in [6, 6.07) is 10.5. The molecule has 1 aromatic heterocycles. The van der Waals surface area contributed by atoms with Crippen molar-refractivity contribution in [1.29, 1.82) is 0 Å². The Balaban J connectivity index is 1.42. The first kappa shape index (κ1) is 15.3. The first-order valence-electron chi connectivity index (χ1n) is 8.68. The summed E-state index contributed by atoms with van der Waals surface area (Å²) < 4.78 is 0. The van der Waals surface area contributed by atoms with Crippen LogP contribution in [0.4, 0.5) is 0 Å². The third-order valence-corrected chi connectivity index (χ3v) is 6.51. The number of thiazole rings is 1. The molecule has 1 saturated heterocycles. The smallest absolute Gasteiger partial charge is 0.107 e. The van der Waals surface area contributed by atoms with Gasteiger partial charge in [0.2, 0.25) is 0 Å². The highest BCUT2D eigenvalue weighted by Gasteiger charge is 2.42. The second-order valence-corrected chi connectivity index (χ2v) is 8.13. The average Bonchev–Trinajstić information content (AvgIpc) is 3.04. The van der Waals surface area contributed by atoms with Crippen LogP contribution in [0.2, 0.25) is 0 Å². The summed E-state index contributed by atoms with van der Waals surface area (Å²) in [7, 11) is 0. The van der Waals surface area contributed by atoms with Crippen LogP contribution in [0.3, 0.4) is 0 Å². The van der Waals surface area contributed by atoms with Crippen molar-refractivity contribution >= 4 is 11.3 Å². The molecule has 2 aliphatic rings. The molecule has 1 aliphatic heterocycles. The van der Waals surface area contributed by atoms with Crippen LogP contribution in [-0.4, -0.2) is 33.7 Å². The summed E-state index contributed by atoms with van der Waals surface area (Å²) >= 11 is 1.79. The Morgan fingerprint density at radius 1 is 1.22 bits per heavy atom. The minimum absolute atomic E-state index is 0.382. The summed E-state index contributed by atoms with van der Waals surface area (Å²) in [6.07, 6.45) is 7.57. The van der Waals surface area contributed by atoms with E-state index in [1.165, 1.54) is 34.7 Å². The molecule has 4 rings (SSSR count). The van der Waals surface area contributed by atoms with E-state index in [9.17, 15) is 5.11 Å². The van der Waals surface area contributed by atoms with Gasteiger partial charge in [-0.2, -0.15) is 0 Å². The largest absolute Gasteiger partial charge is 0.390 e. The van der Waals surface area contributed by atoms with Gasteiger partial charge in [0, 0.05) is 25.2 Å². The molecule has 0 spiro atoms. The van der Waals surface area contributed by atoms with Crippen LogP contribution in [0.25, 0.3) is 10.4 Å². The second kappa shape index (κ2) is 6.34. The summed E-state index contributed by atoms with van der Waals surface area (Å²) in [6.45, 7) is 2.94. The minimum Gasteiger partial charge on any atom is -0.390 e. The topological polar surface area (TPSA) is 36.4 Å². The van der Waals surface area contributed by atoms with E-state index >= 15 is 0 Å². The molecule has 122 valence electrons. The molecular formula is C19H24N2OS. The minimum atomic E-state index is -0.382. The normalized spacial score (nSPS) is 28.5. The van der Waals surface area contributed by atoms with Crippen molar-refractivity contribution in [2.75, 3.05) is 13.1 Å². The number of nitrogens with zero attached hydrogens (tertiary/aromatic N) is 2. The monoisotopic (exact) mass is 328 g/mol. The Labute approximate surface area is 142 Å². The third kappa shape index (κ3) is 3.21. The van der Waals surface area contributed by atoms with Gasteiger partial charge in [0.25, 0.3) is 0 Å². The van der Waals surface area contributed by atoms with Crippen molar-refractivity contribution in [3.63, 3.8) is 0 Å². The van der Waals surface area contributed by atoms with Gasteiger partial charge in [0.1, 0.15) is 5.01 Å². The predicted octanol–water partition coefficient (Wildman–Crippen LogP) is 3.94. The lowest BCUT2D eigenvalue weighted by molar-refractivity contribution is -0.0967. The highest BCUT2D eigenvalue weighted by molar-refractivity contribution is 7.15. The van der Waals surface area contributed by atoms with Crippen LogP contribution in [0.1, 0.15) is 37.1 Å². The first-order chi connectivity index (χ1) is 11.2. The first-order valence-corrected chi connectivity index (χ1v) is 9.49. The van der Waals surface area contributed by atoms with Crippen LogP contribution in [0, 0.1) is 5.92 Å². The van der Waals surface area contributed by atoms with E-state index in [0.717, 1.165) is 32.5 Å². The highest BCUT2D eigenvalue weighted by Crippen LogP contribution is 2.40. The third-order valence-electron chi connectivity index (χ3n) is 5.48.